The van der Waals surface area contributed by atoms with Gasteiger partial charge in [-0.3, -0.25) is 33.8 Å². The van der Waals surface area contributed by atoms with Crippen molar-refractivity contribution in [2.24, 2.45) is 11.3 Å². The van der Waals surface area contributed by atoms with E-state index in [9.17, 15) is 24.0 Å². The van der Waals surface area contributed by atoms with Crippen molar-refractivity contribution in [2.75, 3.05) is 13.7 Å². The molecule has 3 fully saturated rings. The number of carbonyl (C=O) groups is 6. The van der Waals surface area contributed by atoms with Crippen molar-refractivity contribution in [2.45, 2.75) is 128 Å². The number of methoxy groups -OCH3 is 1. The molecule has 3 heterocycles. The molecule has 3 aliphatic rings. The van der Waals surface area contributed by atoms with Gasteiger partial charge in [-0.2, -0.15) is 0 Å². The van der Waals surface area contributed by atoms with Crippen LogP contribution in [0.25, 0.3) is 22.2 Å². The van der Waals surface area contributed by atoms with E-state index in [4.69, 9.17) is 14.5 Å². The van der Waals surface area contributed by atoms with E-state index in [0.717, 1.165) is 37.7 Å². The number of likely N-dealkylation sites (tertiary alicyclic amines) is 1. The minimum atomic E-state index is -1.17. The molecular formula is C49H60N8O8. The predicted molar refractivity (Wildman–Crippen MR) is 243 cm³/mol. The zero-order valence-corrected chi connectivity index (χ0v) is 37.8. The number of nitrogens with one attached hydrogen (secondary N) is 4. The SMILES string of the molecule is CCC[C@H](NC(=O)[C@@H]1C[C@@H](Oc2cc(-c3ccccc3)nc3cc(OC)ccc23)CN1C(=O)[C@@H](NC(=O)[C@@H](NC(=O)c1cnccn1)C1CCCCC1)C(C)(C)C)C(=O)C(=O)NC1CC1. The third-order valence-corrected chi connectivity index (χ3v) is 12.4. The van der Waals surface area contributed by atoms with Gasteiger partial charge in [-0.15, -0.1) is 0 Å². The van der Waals surface area contributed by atoms with Crippen molar-refractivity contribution in [3.05, 3.63) is 78.9 Å². The fourth-order valence-corrected chi connectivity index (χ4v) is 8.72. The van der Waals surface area contributed by atoms with Gasteiger partial charge in [0.25, 0.3) is 11.8 Å². The zero-order valence-electron chi connectivity index (χ0n) is 37.8. The highest BCUT2D eigenvalue weighted by Gasteiger charge is 2.47. The van der Waals surface area contributed by atoms with Crippen molar-refractivity contribution in [1.82, 2.24) is 41.1 Å². The number of aromatic nitrogens is 3. The second-order valence-electron chi connectivity index (χ2n) is 18.4. The summed E-state index contributed by atoms with van der Waals surface area (Å²) in [5.74, 6) is -2.87. The molecule has 4 N–H and O–H groups in total. The molecule has 0 unspecified atom stereocenters. The molecule has 1 saturated heterocycles. The Bertz CT molecular complexity index is 2360. The highest BCUT2D eigenvalue weighted by atomic mass is 16.5. The summed E-state index contributed by atoms with van der Waals surface area (Å²) < 4.78 is 12.3. The van der Waals surface area contributed by atoms with Gasteiger partial charge in [-0.05, 0) is 55.6 Å². The topological polar surface area (TPSA) is 211 Å². The summed E-state index contributed by atoms with van der Waals surface area (Å²) >= 11 is 0. The Morgan fingerprint density at radius 1 is 0.892 bits per heavy atom. The summed E-state index contributed by atoms with van der Waals surface area (Å²) in [7, 11) is 1.58. The average molecular weight is 889 g/mol. The predicted octanol–water partition coefficient (Wildman–Crippen LogP) is 5.09. The first-order chi connectivity index (χ1) is 31.2. The first kappa shape index (κ1) is 46.5. The molecule has 2 aromatic carbocycles. The third-order valence-electron chi connectivity index (χ3n) is 12.4. The van der Waals surface area contributed by atoms with Crippen molar-refractivity contribution >= 4 is 46.2 Å². The Labute approximate surface area is 379 Å². The van der Waals surface area contributed by atoms with Crippen LogP contribution in [0.1, 0.15) is 102 Å². The minimum absolute atomic E-state index is 0.0309. The fraction of sp³-hybridized carbons (Fsp3) is 0.490. The lowest BCUT2D eigenvalue weighted by Crippen LogP contribution is -2.62. The Morgan fingerprint density at radius 2 is 1.65 bits per heavy atom. The van der Waals surface area contributed by atoms with Crippen LogP contribution in [-0.2, 0) is 24.0 Å². The number of nitrogens with zero attached hydrogens (tertiary/aromatic N) is 4. The molecule has 1 aliphatic heterocycles. The van der Waals surface area contributed by atoms with Crippen LogP contribution in [0.15, 0.2) is 73.2 Å². The number of Topliss-reactive ketones (excluding diaryl/α,β-unsaturated/α-hetero) is 1. The third kappa shape index (κ3) is 11.4. The van der Waals surface area contributed by atoms with E-state index < -0.39 is 71.0 Å². The number of rotatable bonds is 17. The van der Waals surface area contributed by atoms with Gasteiger partial charge in [0.1, 0.15) is 41.4 Å². The maximum absolute atomic E-state index is 15.2. The van der Waals surface area contributed by atoms with Crippen LogP contribution in [0.2, 0.25) is 0 Å². The lowest BCUT2D eigenvalue weighted by Gasteiger charge is -2.37. The lowest BCUT2D eigenvalue weighted by molar-refractivity contribution is -0.145. The van der Waals surface area contributed by atoms with E-state index in [-0.39, 0.29) is 37.0 Å². The number of amides is 5. The van der Waals surface area contributed by atoms with Crippen LogP contribution < -0.4 is 30.7 Å². The average Bonchev–Trinajstić information content (AvgIpc) is 4.03. The van der Waals surface area contributed by atoms with Gasteiger partial charge in [-0.25, -0.2) is 9.97 Å². The molecule has 65 heavy (non-hydrogen) atoms. The highest BCUT2D eigenvalue weighted by molar-refractivity contribution is 6.38. The standard InChI is InChI=1S/C49H60N8O8/c1-6-13-35(42(58)47(62)52-31-18-19-31)54-45(60)39-25-33(65-40-26-36(29-14-9-7-10-15-29)53-37-24-32(64-5)20-21-34(37)40)28-57(39)48(63)43(49(2,3)4)56-46(61)41(30-16-11-8-12-17-30)55-44(59)38-27-50-22-23-51-38/h7,9-10,14-15,20-24,26-27,30-31,33,35,39,41,43H,6,8,11-13,16-19,25,28H2,1-5H3,(H,52,62)(H,54,60)(H,55,59)(H,56,61)/t33-,35+,39+,41+,43-/m1/s1. The van der Waals surface area contributed by atoms with E-state index in [1.807, 2.05) is 76.2 Å². The van der Waals surface area contributed by atoms with Crippen molar-refractivity contribution in [3.63, 3.8) is 0 Å². The summed E-state index contributed by atoms with van der Waals surface area (Å²) in [6, 6.07) is 12.4. The van der Waals surface area contributed by atoms with E-state index in [1.54, 1.807) is 13.2 Å². The minimum Gasteiger partial charge on any atom is -0.497 e. The van der Waals surface area contributed by atoms with Crippen LogP contribution in [0.3, 0.4) is 0 Å². The molecule has 16 nitrogen and oxygen atoms in total. The monoisotopic (exact) mass is 888 g/mol. The Morgan fingerprint density at radius 3 is 2.31 bits per heavy atom. The summed E-state index contributed by atoms with van der Waals surface area (Å²) in [5.41, 5.74) is 1.28. The first-order valence-corrected chi connectivity index (χ1v) is 22.8. The lowest BCUT2D eigenvalue weighted by atomic mass is 9.82. The quantitative estimate of drug-likeness (QED) is 0.103. The maximum atomic E-state index is 15.2. The molecule has 5 amide bonds. The number of benzene rings is 2. The van der Waals surface area contributed by atoms with Gasteiger partial charge in [0.05, 0.1) is 37.1 Å². The molecule has 0 radical (unpaired) electrons. The first-order valence-electron chi connectivity index (χ1n) is 22.8. The number of fused-ring (bicyclic) bond motifs is 1. The summed E-state index contributed by atoms with van der Waals surface area (Å²) in [6.45, 7) is 7.26. The second kappa shape index (κ2) is 20.6. The zero-order chi connectivity index (χ0) is 46.3. The molecule has 2 saturated carbocycles. The number of ketones is 1. The Balaban J connectivity index is 1.21. The number of hydrogen-bond acceptors (Lipinski definition) is 11. The molecule has 2 aliphatic carbocycles. The summed E-state index contributed by atoms with van der Waals surface area (Å²) in [5, 5.41) is 12.1. The summed E-state index contributed by atoms with van der Waals surface area (Å²) in [6.07, 6.45) is 9.98. The molecule has 0 spiro atoms. The van der Waals surface area contributed by atoms with Crippen LogP contribution >= 0.6 is 0 Å². The van der Waals surface area contributed by atoms with Gasteiger partial charge in [-0.1, -0.05) is 83.7 Å². The van der Waals surface area contributed by atoms with Gasteiger partial charge >= 0.3 is 0 Å². The normalized spacial score (nSPS) is 19.1. The molecule has 2 aromatic heterocycles. The number of hydrogen-bond donors (Lipinski definition) is 4. The smallest absolute Gasteiger partial charge is 0.289 e. The number of pyridine rings is 1. The van der Waals surface area contributed by atoms with Crippen LogP contribution in [0.5, 0.6) is 11.5 Å². The highest BCUT2D eigenvalue weighted by Crippen LogP contribution is 2.36. The Kier molecular flexibility index (Phi) is 14.7. The van der Waals surface area contributed by atoms with Crippen LogP contribution in [0.4, 0.5) is 0 Å². The second-order valence-corrected chi connectivity index (χ2v) is 18.4. The van der Waals surface area contributed by atoms with Crippen molar-refractivity contribution in [3.8, 4) is 22.8 Å². The van der Waals surface area contributed by atoms with Gasteiger partial charge in [0.2, 0.25) is 23.5 Å². The Hall–Kier alpha value is -6.45. The maximum Gasteiger partial charge on any atom is 0.289 e. The largest absolute Gasteiger partial charge is 0.497 e. The fourth-order valence-electron chi connectivity index (χ4n) is 8.72. The number of ether oxygens (including phenoxy) is 2. The van der Waals surface area contributed by atoms with Crippen LogP contribution in [0, 0.1) is 11.3 Å². The number of carbonyl (C=O) groups excluding carboxylic acids is 6. The molecule has 344 valence electrons. The van der Waals surface area contributed by atoms with E-state index in [0.29, 0.717) is 47.4 Å². The van der Waals surface area contributed by atoms with Crippen molar-refractivity contribution in [1.29, 1.82) is 0 Å². The van der Waals surface area contributed by atoms with Crippen molar-refractivity contribution < 1.29 is 38.2 Å². The molecule has 16 heteroatoms. The molecule has 5 atom stereocenters. The molecule has 7 rings (SSSR count). The summed E-state index contributed by atoms with van der Waals surface area (Å²) in [4.78, 5) is 98.6. The molecular weight excluding hydrogens is 829 g/mol. The van der Waals surface area contributed by atoms with E-state index in [1.165, 1.54) is 23.5 Å². The van der Waals surface area contributed by atoms with Gasteiger partial charge in [0, 0.05) is 47.9 Å². The van der Waals surface area contributed by atoms with E-state index >= 15 is 4.79 Å². The molecule has 4 aromatic rings. The van der Waals surface area contributed by atoms with Gasteiger partial charge < -0.3 is 35.6 Å². The van der Waals surface area contributed by atoms with Gasteiger partial charge in [0.15, 0.2) is 0 Å². The van der Waals surface area contributed by atoms with Crippen LogP contribution in [-0.4, -0.2) is 105 Å². The van der Waals surface area contributed by atoms with E-state index in [2.05, 4.69) is 31.2 Å². The molecule has 0 bridgehead atoms.